The van der Waals surface area contributed by atoms with E-state index in [-0.39, 0.29) is 28.6 Å². The van der Waals surface area contributed by atoms with Crippen molar-refractivity contribution in [1.82, 2.24) is 24.7 Å². The molecule has 0 fully saturated rings. The van der Waals surface area contributed by atoms with Gasteiger partial charge < -0.3 is 10.6 Å². The number of pyridine rings is 3. The summed E-state index contributed by atoms with van der Waals surface area (Å²) in [6.45, 7) is 0.0330. The monoisotopic (exact) mass is 533 g/mol. The molecule has 1 amide bonds. The molecule has 5 aromatic rings. The van der Waals surface area contributed by atoms with Crippen molar-refractivity contribution in [3.05, 3.63) is 95.7 Å². The van der Waals surface area contributed by atoms with Gasteiger partial charge in [0.15, 0.2) is 14.9 Å². The van der Waals surface area contributed by atoms with Gasteiger partial charge in [0.25, 0.3) is 5.91 Å². The first kappa shape index (κ1) is 24.3. The molecular formula is C25H20ClN7O3S. The Kier molecular flexibility index (Phi) is 6.32. The Balaban J connectivity index is 1.59. The molecule has 10 nitrogen and oxygen atoms in total. The second kappa shape index (κ2) is 9.60. The minimum Gasteiger partial charge on any atom is -0.382 e. The van der Waals surface area contributed by atoms with Crippen molar-refractivity contribution in [1.29, 1.82) is 0 Å². The molecule has 4 heterocycles. The number of halogens is 1. The van der Waals surface area contributed by atoms with Crippen LogP contribution >= 0.6 is 11.6 Å². The van der Waals surface area contributed by atoms with Gasteiger partial charge in [0.1, 0.15) is 5.82 Å². The summed E-state index contributed by atoms with van der Waals surface area (Å²) >= 11 is 6.09. The van der Waals surface area contributed by atoms with E-state index in [4.69, 9.17) is 17.3 Å². The van der Waals surface area contributed by atoms with Crippen LogP contribution in [0, 0.1) is 0 Å². The maximum Gasteiger partial charge on any atom is 0.261 e. The topological polar surface area (TPSA) is 137 Å². The van der Waals surface area contributed by atoms with Gasteiger partial charge in [0, 0.05) is 30.2 Å². The number of nitrogens with two attached hydrogens (primary N) is 1. The first-order valence-electron chi connectivity index (χ1n) is 11.0. The van der Waals surface area contributed by atoms with Crippen molar-refractivity contribution in [2.45, 2.75) is 11.6 Å². The summed E-state index contributed by atoms with van der Waals surface area (Å²) in [6, 6.07) is 13.8. The van der Waals surface area contributed by atoms with Gasteiger partial charge in [-0.2, -0.15) is 5.10 Å². The number of amides is 1. The molecule has 2 N–H and O–H groups in total. The third-order valence-electron chi connectivity index (χ3n) is 5.58. The van der Waals surface area contributed by atoms with Gasteiger partial charge in [-0.05, 0) is 42.0 Å². The predicted molar refractivity (Wildman–Crippen MR) is 140 cm³/mol. The Morgan fingerprint density at radius 1 is 1.11 bits per heavy atom. The molecule has 0 saturated heterocycles. The molecule has 0 radical (unpaired) electrons. The highest BCUT2D eigenvalue weighted by atomic mass is 35.5. The molecule has 4 aromatic heterocycles. The van der Waals surface area contributed by atoms with Crippen LogP contribution in [0.1, 0.15) is 15.9 Å². The summed E-state index contributed by atoms with van der Waals surface area (Å²) in [5.41, 5.74) is 8.22. The molecule has 0 saturated carbocycles. The second-order valence-corrected chi connectivity index (χ2v) is 10.6. The SMILES string of the molecule is CS(=O)(=O)c1ncccc1N(Cc1ccc2cc(Cl)c(N)nc2c1)C(=O)c1cnn(-c2cccnc2)c1. The van der Waals surface area contributed by atoms with Gasteiger partial charge in [0.05, 0.1) is 46.4 Å². The van der Waals surface area contributed by atoms with E-state index in [1.165, 1.54) is 22.0 Å². The van der Waals surface area contributed by atoms with Crippen molar-refractivity contribution in [3.8, 4) is 5.69 Å². The lowest BCUT2D eigenvalue weighted by atomic mass is 10.1. The van der Waals surface area contributed by atoms with Crippen LogP contribution in [0.15, 0.2) is 84.5 Å². The highest BCUT2D eigenvalue weighted by Crippen LogP contribution is 2.28. The van der Waals surface area contributed by atoms with Crippen LogP contribution < -0.4 is 10.6 Å². The van der Waals surface area contributed by atoms with Crippen LogP contribution in [-0.2, 0) is 16.4 Å². The quantitative estimate of drug-likeness (QED) is 0.349. The Hall–Kier alpha value is -4.35. The first-order chi connectivity index (χ1) is 17.7. The molecule has 0 aliphatic rings. The van der Waals surface area contributed by atoms with Crippen LogP contribution in [0.25, 0.3) is 16.6 Å². The van der Waals surface area contributed by atoms with Crippen molar-refractivity contribution in [2.24, 2.45) is 0 Å². The van der Waals surface area contributed by atoms with Gasteiger partial charge in [-0.15, -0.1) is 0 Å². The third-order valence-corrected chi connectivity index (χ3v) is 6.90. The lowest BCUT2D eigenvalue weighted by Crippen LogP contribution is -2.31. The number of nitrogens with zero attached hydrogens (tertiary/aromatic N) is 6. The standard InChI is InChI=1S/C25H20ClN7O3S/c1-37(35,36)24-22(5-3-9-29-24)32(14-16-6-7-17-11-20(26)23(27)31-21(17)10-16)25(34)18-12-30-33(15-18)19-4-2-8-28-13-19/h2-13,15H,14H2,1H3,(H2,27,31). The zero-order valence-corrected chi connectivity index (χ0v) is 21.1. The number of fused-ring (bicyclic) bond motifs is 1. The van der Waals surface area contributed by atoms with Crippen molar-refractivity contribution < 1.29 is 13.2 Å². The van der Waals surface area contributed by atoms with E-state index in [1.54, 1.807) is 55.0 Å². The lowest BCUT2D eigenvalue weighted by Gasteiger charge is -2.24. The minimum atomic E-state index is -3.75. The summed E-state index contributed by atoms with van der Waals surface area (Å²) in [4.78, 5) is 27.6. The highest BCUT2D eigenvalue weighted by molar-refractivity contribution is 7.90. The molecule has 0 atom stereocenters. The number of carbonyl (C=O) groups excluding carboxylic acids is 1. The van der Waals surface area contributed by atoms with Gasteiger partial charge >= 0.3 is 0 Å². The zero-order chi connectivity index (χ0) is 26.2. The van der Waals surface area contributed by atoms with E-state index in [2.05, 4.69) is 20.1 Å². The molecule has 0 aliphatic carbocycles. The average molecular weight is 534 g/mol. The summed E-state index contributed by atoms with van der Waals surface area (Å²) in [5.74, 6) is -0.273. The summed E-state index contributed by atoms with van der Waals surface area (Å²) in [6.07, 6.45) is 8.65. The molecule has 1 aromatic carbocycles. The molecule has 186 valence electrons. The maximum absolute atomic E-state index is 13.8. The molecule has 0 aliphatic heterocycles. The third kappa shape index (κ3) is 4.99. The Labute approximate surface area is 217 Å². The maximum atomic E-state index is 13.8. The van der Waals surface area contributed by atoms with E-state index in [9.17, 15) is 13.2 Å². The largest absolute Gasteiger partial charge is 0.382 e. The summed E-state index contributed by atoms with van der Waals surface area (Å²) in [7, 11) is -3.75. The minimum absolute atomic E-state index is 0.0330. The fraction of sp³-hybridized carbons (Fsp3) is 0.0800. The van der Waals surface area contributed by atoms with Crippen LogP contribution in [-0.4, -0.2) is 45.3 Å². The zero-order valence-electron chi connectivity index (χ0n) is 19.5. The summed E-state index contributed by atoms with van der Waals surface area (Å²) < 4.78 is 26.6. The molecule has 0 spiro atoms. The number of rotatable bonds is 6. The fourth-order valence-electron chi connectivity index (χ4n) is 3.84. The van der Waals surface area contributed by atoms with Gasteiger partial charge in [-0.3, -0.25) is 9.78 Å². The molecule has 37 heavy (non-hydrogen) atoms. The molecule has 0 unspecified atom stereocenters. The number of carbonyl (C=O) groups is 1. The number of benzene rings is 1. The molecule has 12 heteroatoms. The van der Waals surface area contributed by atoms with E-state index in [0.29, 0.717) is 21.8 Å². The Morgan fingerprint density at radius 2 is 1.92 bits per heavy atom. The Bertz CT molecular complexity index is 1740. The van der Waals surface area contributed by atoms with Crippen LogP contribution in [0.2, 0.25) is 5.02 Å². The van der Waals surface area contributed by atoms with Crippen molar-refractivity contribution >= 4 is 49.8 Å². The van der Waals surface area contributed by atoms with Crippen molar-refractivity contribution in [2.75, 3.05) is 16.9 Å². The molecule has 0 bridgehead atoms. The molecule has 5 rings (SSSR count). The predicted octanol–water partition coefficient (Wildman–Crippen LogP) is 3.70. The van der Waals surface area contributed by atoms with Gasteiger partial charge in [0.2, 0.25) is 0 Å². The fourth-order valence-corrected chi connectivity index (χ4v) is 4.81. The molecular weight excluding hydrogens is 514 g/mol. The van der Waals surface area contributed by atoms with E-state index >= 15 is 0 Å². The number of hydrogen-bond acceptors (Lipinski definition) is 8. The highest BCUT2D eigenvalue weighted by Gasteiger charge is 2.26. The Morgan fingerprint density at radius 3 is 2.68 bits per heavy atom. The second-order valence-electron chi connectivity index (χ2n) is 8.26. The summed E-state index contributed by atoms with van der Waals surface area (Å²) in [5, 5.41) is 5.19. The van der Waals surface area contributed by atoms with E-state index in [1.807, 2.05) is 12.1 Å². The first-order valence-corrected chi connectivity index (χ1v) is 13.2. The number of sulfone groups is 1. The number of anilines is 2. The lowest BCUT2D eigenvalue weighted by molar-refractivity contribution is 0.0984. The number of hydrogen-bond donors (Lipinski definition) is 1. The number of nitrogen functional groups attached to an aromatic ring is 1. The van der Waals surface area contributed by atoms with E-state index in [0.717, 1.165) is 11.6 Å². The smallest absolute Gasteiger partial charge is 0.261 e. The number of aromatic nitrogens is 5. The normalized spacial score (nSPS) is 11.5. The van der Waals surface area contributed by atoms with Gasteiger partial charge in [-0.25, -0.2) is 23.1 Å². The average Bonchev–Trinajstić information content (AvgIpc) is 3.38. The van der Waals surface area contributed by atoms with Crippen LogP contribution in [0.4, 0.5) is 11.5 Å². The van der Waals surface area contributed by atoms with E-state index < -0.39 is 15.7 Å². The van der Waals surface area contributed by atoms with Crippen LogP contribution in [0.5, 0.6) is 0 Å². The van der Waals surface area contributed by atoms with Gasteiger partial charge in [-0.1, -0.05) is 23.7 Å². The van der Waals surface area contributed by atoms with Crippen LogP contribution in [0.3, 0.4) is 0 Å². The van der Waals surface area contributed by atoms with Crippen molar-refractivity contribution in [3.63, 3.8) is 0 Å².